The molecule has 0 saturated carbocycles. The summed E-state index contributed by atoms with van der Waals surface area (Å²) in [5.74, 6) is -0.0488. The largest absolute Gasteiger partial charge is 0.383 e. The highest BCUT2D eigenvalue weighted by Crippen LogP contribution is 2.21. The first-order valence-corrected chi connectivity index (χ1v) is 9.84. The molecule has 2 heterocycles. The molecule has 0 bridgehead atoms. The minimum Gasteiger partial charge on any atom is -0.383 e. The molecular formula is C20H27N5O4. The predicted octanol–water partition coefficient (Wildman–Crippen LogP) is 1.27. The van der Waals surface area contributed by atoms with Crippen LogP contribution in [0.5, 0.6) is 0 Å². The molecular weight excluding hydrogens is 374 g/mol. The van der Waals surface area contributed by atoms with Crippen molar-refractivity contribution in [2.75, 3.05) is 30.3 Å². The number of carbonyl (C=O) groups is 1. The smallest absolute Gasteiger partial charge is 0.330 e. The number of aromatic nitrogens is 2. The summed E-state index contributed by atoms with van der Waals surface area (Å²) in [7, 11) is 0. The highest BCUT2D eigenvalue weighted by atomic mass is 16.5. The third-order valence-corrected chi connectivity index (χ3v) is 4.85. The number of anilines is 2. The summed E-state index contributed by atoms with van der Waals surface area (Å²) in [6.45, 7) is 3.38. The summed E-state index contributed by atoms with van der Waals surface area (Å²) < 4.78 is 6.91. The van der Waals surface area contributed by atoms with Gasteiger partial charge in [0.25, 0.3) is 5.56 Å². The minimum absolute atomic E-state index is 0.0374. The molecule has 9 heteroatoms. The Morgan fingerprint density at radius 2 is 2.10 bits per heavy atom. The van der Waals surface area contributed by atoms with E-state index in [9.17, 15) is 14.4 Å². The van der Waals surface area contributed by atoms with Gasteiger partial charge in [0.1, 0.15) is 5.82 Å². The Balaban J connectivity index is 2.01. The molecule has 4 N–H and O–H groups in total. The van der Waals surface area contributed by atoms with Gasteiger partial charge in [0, 0.05) is 13.2 Å². The maximum absolute atomic E-state index is 12.8. The predicted molar refractivity (Wildman–Crippen MR) is 111 cm³/mol. The second-order valence-electron chi connectivity index (χ2n) is 7.04. The summed E-state index contributed by atoms with van der Waals surface area (Å²) in [6.07, 6.45) is 2.25. The molecule has 1 aromatic carbocycles. The van der Waals surface area contributed by atoms with Crippen molar-refractivity contribution >= 4 is 17.5 Å². The van der Waals surface area contributed by atoms with E-state index in [4.69, 9.17) is 10.5 Å². The normalized spacial score (nSPS) is 16.0. The molecule has 1 fully saturated rings. The summed E-state index contributed by atoms with van der Waals surface area (Å²) in [4.78, 5) is 41.5. The van der Waals surface area contributed by atoms with Crippen LogP contribution in [0.2, 0.25) is 0 Å². The molecule has 1 aliphatic rings. The van der Waals surface area contributed by atoms with Gasteiger partial charge in [0.2, 0.25) is 0 Å². The van der Waals surface area contributed by atoms with E-state index < -0.39 is 17.3 Å². The topological polar surface area (TPSA) is 122 Å². The van der Waals surface area contributed by atoms with Gasteiger partial charge in [-0.2, -0.15) is 0 Å². The number of urea groups is 1. The highest BCUT2D eigenvalue weighted by molar-refractivity contribution is 5.94. The third-order valence-electron chi connectivity index (χ3n) is 4.85. The van der Waals surface area contributed by atoms with E-state index in [1.807, 2.05) is 37.3 Å². The number of ether oxygens (including phenoxy) is 1. The van der Waals surface area contributed by atoms with Crippen molar-refractivity contribution in [3.05, 3.63) is 56.7 Å². The van der Waals surface area contributed by atoms with Crippen LogP contribution in [-0.2, 0) is 11.3 Å². The lowest BCUT2D eigenvalue weighted by atomic mass is 10.2. The monoisotopic (exact) mass is 401 g/mol. The highest BCUT2D eigenvalue weighted by Gasteiger charge is 2.28. The number of rotatable bonds is 7. The number of aromatic amines is 1. The van der Waals surface area contributed by atoms with Crippen molar-refractivity contribution in [1.29, 1.82) is 0 Å². The molecule has 29 heavy (non-hydrogen) atoms. The number of hydrogen-bond acceptors (Lipinski definition) is 5. The van der Waals surface area contributed by atoms with Crippen molar-refractivity contribution in [1.82, 2.24) is 14.9 Å². The zero-order chi connectivity index (χ0) is 20.8. The number of nitrogens with one attached hydrogen (secondary N) is 2. The summed E-state index contributed by atoms with van der Waals surface area (Å²) in [5, 5.41) is 2.78. The number of carbonyl (C=O) groups excluding carboxylic acids is 1. The van der Waals surface area contributed by atoms with E-state index in [1.165, 1.54) is 9.47 Å². The van der Waals surface area contributed by atoms with Crippen LogP contribution in [0.15, 0.2) is 39.9 Å². The van der Waals surface area contributed by atoms with E-state index in [1.54, 1.807) is 0 Å². The van der Waals surface area contributed by atoms with Gasteiger partial charge in [-0.1, -0.05) is 37.3 Å². The number of benzene rings is 1. The average Bonchev–Trinajstić information content (AvgIpc) is 3.22. The first-order chi connectivity index (χ1) is 14.0. The standard InChI is InChI=1S/C20H27N5O4/c1-2-10-22-19(27)24(13-15-9-6-11-29-15)16-17(21)25(20(28)23-18(16)26)12-14-7-4-3-5-8-14/h3-5,7-8,15H,2,6,9-13,21H2,1H3,(H,22,27)(H,23,26,28)/t15-/m0/s1. The van der Waals surface area contributed by atoms with Crippen LogP contribution < -0.4 is 27.2 Å². The van der Waals surface area contributed by atoms with Gasteiger partial charge in [-0.05, 0) is 24.8 Å². The summed E-state index contributed by atoms with van der Waals surface area (Å²) in [6, 6.07) is 8.85. The molecule has 1 saturated heterocycles. The fraction of sp³-hybridized carbons (Fsp3) is 0.450. The molecule has 3 rings (SSSR count). The fourth-order valence-corrected chi connectivity index (χ4v) is 3.36. The quantitative estimate of drug-likeness (QED) is 0.645. The second kappa shape index (κ2) is 9.42. The van der Waals surface area contributed by atoms with Crippen molar-refractivity contribution < 1.29 is 9.53 Å². The lowest BCUT2D eigenvalue weighted by Gasteiger charge is -2.27. The zero-order valence-corrected chi connectivity index (χ0v) is 16.5. The maximum Gasteiger partial charge on any atom is 0.330 e. The Labute approximate surface area is 168 Å². The summed E-state index contributed by atoms with van der Waals surface area (Å²) >= 11 is 0. The van der Waals surface area contributed by atoms with Gasteiger partial charge >= 0.3 is 11.7 Å². The van der Waals surface area contributed by atoms with E-state index in [2.05, 4.69) is 10.3 Å². The lowest BCUT2D eigenvalue weighted by molar-refractivity contribution is 0.116. The van der Waals surface area contributed by atoms with Gasteiger partial charge in [-0.3, -0.25) is 19.2 Å². The van der Waals surface area contributed by atoms with E-state index in [-0.39, 0.29) is 30.7 Å². The molecule has 2 aromatic rings. The molecule has 0 unspecified atom stereocenters. The van der Waals surface area contributed by atoms with Crippen LogP contribution in [0, 0.1) is 0 Å². The minimum atomic E-state index is -0.693. The van der Waals surface area contributed by atoms with Crippen LogP contribution in [0.1, 0.15) is 31.7 Å². The molecule has 1 aromatic heterocycles. The Bertz CT molecular complexity index is 948. The van der Waals surface area contributed by atoms with E-state index in [0.717, 1.165) is 24.8 Å². The number of nitrogen functional groups attached to an aromatic ring is 1. The number of nitrogens with zero attached hydrogens (tertiary/aromatic N) is 2. The van der Waals surface area contributed by atoms with E-state index >= 15 is 0 Å². The summed E-state index contributed by atoms with van der Waals surface area (Å²) in [5.41, 5.74) is 5.75. The second-order valence-corrected chi connectivity index (χ2v) is 7.04. The van der Waals surface area contributed by atoms with Crippen LogP contribution >= 0.6 is 0 Å². The molecule has 0 spiro atoms. The lowest BCUT2D eigenvalue weighted by Crippen LogP contribution is -2.48. The number of H-pyrrole nitrogens is 1. The first kappa shape index (κ1) is 20.7. The fourth-order valence-electron chi connectivity index (χ4n) is 3.36. The van der Waals surface area contributed by atoms with Gasteiger partial charge in [0.05, 0.1) is 19.2 Å². The number of amides is 2. The molecule has 1 aliphatic heterocycles. The van der Waals surface area contributed by atoms with Crippen LogP contribution in [0.3, 0.4) is 0 Å². The van der Waals surface area contributed by atoms with E-state index in [0.29, 0.717) is 13.2 Å². The maximum atomic E-state index is 12.8. The van der Waals surface area contributed by atoms with Gasteiger partial charge in [0.15, 0.2) is 5.69 Å². The Hall–Kier alpha value is -3.07. The van der Waals surface area contributed by atoms with Crippen molar-refractivity contribution in [2.24, 2.45) is 0 Å². The van der Waals surface area contributed by atoms with Crippen molar-refractivity contribution in [2.45, 2.75) is 38.8 Å². The van der Waals surface area contributed by atoms with Gasteiger partial charge in [-0.15, -0.1) is 0 Å². The third kappa shape index (κ3) is 4.86. The molecule has 0 aliphatic carbocycles. The van der Waals surface area contributed by atoms with Crippen molar-refractivity contribution in [3.63, 3.8) is 0 Å². The average molecular weight is 401 g/mol. The van der Waals surface area contributed by atoms with Crippen LogP contribution in [0.4, 0.5) is 16.3 Å². The number of hydrogen-bond donors (Lipinski definition) is 3. The SMILES string of the molecule is CCCNC(=O)N(C[C@@H]1CCCO1)c1c(N)n(Cc2ccccc2)c(=O)[nH]c1=O. The zero-order valence-electron chi connectivity index (χ0n) is 16.5. The Morgan fingerprint density at radius 1 is 1.34 bits per heavy atom. The van der Waals surface area contributed by atoms with Gasteiger partial charge in [-0.25, -0.2) is 9.59 Å². The first-order valence-electron chi connectivity index (χ1n) is 9.84. The molecule has 2 amide bonds. The Morgan fingerprint density at radius 3 is 2.76 bits per heavy atom. The van der Waals surface area contributed by atoms with Crippen LogP contribution in [-0.4, -0.2) is 41.4 Å². The van der Waals surface area contributed by atoms with Gasteiger partial charge < -0.3 is 15.8 Å². The Kier molecular flexibility index (Phi) is 6.71. The molecule has 156 valence electrons. The molecule has 9 nitrogen and oxygen atoms in total. The molecule has 1 atom stereocenters. The molecule has 0 radical (unpaired) electrons. The van der Waals surface area contributed by atoms with Crippen molar-refractivity contribution in [3.8, 4) is 0 Å². The van der Waals surface area contributed by atoms with Crippen LogP contribution in [0.25, 0.3) is 0 Å². The number of nitrogens with two attached hydrogens (primary N) is 1.